The first-order chi connectivity index (χ1) is 17.3. The fraction of sp³-hybridized carbons (Fsp3) is 0.440. The number of nitrogens with one attached hydrogen (secondary N) is 4. The van der Waals surface area contributed by atoms with Crippen molar-refractivity contribution in [2.75, 3.05) is 31.5 Å². The predicted molar refractivity (Wildman–Crippen MR) is 141 cm³/mol. The van der Waals surface area contributed by atoms with E-state index in [0.717, 1.165) is 34.2 Å². The molecule has 2 aliphatic rings. The summed E-state index contributed by atoms with van der Waals surface area (Å²) in [5.41, 5.74) is 1.59. The molecule has 0 aliphatic carbocycles. The number of piperazine rings is 1. The van der Waals surface area contributed by atoms with Gasteiger partial charge in [0.1, 0.15) is 15.4 Å². The molecule has 2 aliphatic heterocycles. The van der Waals surface area contributed by atoms with E-state index in [1.54, 1.807) is 23.6 Å². The molecule has 4 heterocycles. The summed E-state index contributed by atoms with van der Waals surface area (Å²) in [6.45, 7) is 5.47. The molecule has 192 valence electrons. The van der Waals surface area contributed by atoms with Gasteiger partial charge in [0, 0.05) is 42.8 Å². The smallest absolute Gasteiger partial charge is 0.268 e. The molecule has 9 nitrogen and oxygen atoms in total. The highest BCUT2D eigenvalue weighted by Crippen LogP contribution is 2.37. The second-order valence-electron chi connectivity index (χ2n) is 9.50. The number of carbonyl (C=O) groups excluding carboxylic acids is 2. The Bertz CT molecular complexity index is 1400. The molecule has 2 aromatic heterocycles. The second-order valence-corrected chi connectivity index (χ2v) is 12.5. The number of hydrogen-bond acceptors (Lipinski definition) is 6. The molecule has 2 amide bonds. The van der Waals surface area contributed by atoms with E-state index in [4.69, 9.17) is 0 Å². The van der Waals surface area contributed by atoms with Gasteiger partial charge < -0.3 is 20.9 Å². The summed E-state index contributed by atoms with van der Waals surface area (Å²) in [4.78, 5) is 29.5. The third kappa shape index (κ3) is 4.03. The zero-order valence-electron chi connectivity index (χ0n) is 20.4. The van der Waals surface area contributed by atoms with Gasteiger partial charge in [-0.15, -0.1) is 11.3 Å². The molecule has 36 heavy (non-hydrogen) atoms. The molecule has 2 unspecified atom stereocenters. The average molecular weight is 530 g/mol. The first kappa shape index (κ1) is 24.9. The number of aromatic nitrogens is 1. The Kier molecular flexibility index (Phi) is 6.67. The van der Waals surface area contributed by atoms with Crippen molar-refractivity contribution in [2.45, 2.75) is 42.9 Å². The van der Waals surface area contributed by atoms with Crippen LogP contribution in [0.15, 0.2) is 39.9 Å². The molecule has 3 aromatic rings. The highest BCUT2D eigenvalue weighted by molar-refractivity contribution is 7.91. The monoisotopic (exact) mass is 529 g/mol. The fourth-order valence-corrected chi connectivity index (χ4v) is 8.44. The van der Waals surface area contributed by atoms with Crippen LogP contribution < -0.4 is 16.0 Å². The normalized spacial score (nSPS) is 21.7. The van der Waals surface area contributed by atoms with Crippen LogP contribution in [0.4, 0.5) is 5.69 Å². The molecule has 0 bridgehead atoms. The first-order valence-electron chi connectivity index (χ1n) is 12.3. The van der Waals surface area contributed by atoms with Crippen LogP contribution in [-0.4, -0.2) is 61.2 Å². The molecule has 1 fully saturated rings. The summed E-state index contributed by atoms with van der Waals surface area (Å²) in [5.74, 6) is -0.706. The van der Waals surface area contributed by atoms with Gasteiger partial charge in [0.2, 0.25) is 5.91 Å². The number of fused-ring (bicyclic) bond motifs is 3. The van der Waals surface area contributed by atoms with Gasteiger partial charge in [0.15, 0.2) is 0 Å². The average Bonchev–Trinajstić information content (AvgIpc) is 3.54. The number of amides is 2. The van der Waals surface area contributed by atoms with E-state index in [9.17, 15) is 18.0 Å². The number of aromatic amines is 1. The van der Waals surface area contributed by atoms with Crippen molar-refractivity contribution >= 4 is 49.8 Å². The van der Waals surface area contributed by atoms with Crippen LogP contribution in [0.25, 0.3) is 10.9 Å². The van der Waals surface area contributed by atoms with Gasteiger partial charge in [-0.05, 0) is 54.0 Å². The van der Waals surface area contributed by atoms with E-state index in [1.807, 2.05) is 26.0 Å². The van der Waals surface area contributed by atoms with Crippen molar-refractivity contribution in [3.63, 3.8) is 0 Å². The summed E-state index contributed by atoms with van der Waals surface area (Å²) >= 11 is 1.16. The molecule has 0 radical (unpaired) electrons. The Hall–Kier alpha value is -2.73. The van der Waals surface area contributed by atoms with E-state index in [-0.39, 0.29) is 35.0 Å². The lowest BCUT2D eigenvalue weighted by atomic mass is 9.80. The minimum absolute atomic E-state index is 0.131. The van der Waals surface area contributed by atoms with E-state index in [0.29, 0.717) is 37.3 Å². The third-order valence-corrected chi connectivity index (χ3v) is 10.7. The van der Waals surface area contributed by atoms with Crippen molar-refractivity contribution in [2.24, 2.45) is 5.92 Å². The van der Waals surface area contributed by atoms with Crippen LogP contribution in [0.5, 0.6) is 0 Å². The quantitative estimate of drug-likeness (QED) is 0.375. The van der Waals surface area contributed by atoms with Crippen LogP contribution in [0.3, 0.4) is 0 Å². The number of anilines is 1. The molecule has 0 saturated carbocycles. The summed E-state index contributed by atoms with van der Waals surface area (Å²) in [6, 6.07) is 8.80. The number of sulfonamides is 1. The molecule has 1 aromatic carbocycles. The standard InChI is InChI=1S/C25H31N5O4S2/c1-3-5-16(2)25(15-26-11-12-30(25)36(33,34)21-6-4-13-35-21)24(32)28-17-7-8-20-19(14-17)18-9-10-27-23(31)22(18)29-20/h4,6-8,13-14,16,26,29H,3,5,9-12,15H2,1-2H3,(H,27,31)(H,28,32). The zero-order valence-corrected chi connectivity index (χ0v) is 22.0. The van der Waals surface area contributed by atoms with E-state index in [2.05, 4.69) is 20.9 Å². The zero-order chi connectivity index (χ0) is 25.5. The Morgan fingerprint density at radius 3 is 2.86 bits per heavy atom. The Morgan fingerprint density at radius 1 is 1.28 bits per heavy atom. The van der Waals surface area contributed by atoms with Crippen molar-refractivity contribution in [3.8, 4) is 0 Å². The highest BCUT2D eigenvalue weighted by atomic mass is 32.2. The molecule has 11 heteroatoms. The third-order valence-electron chi connectivity index (χ3n) is 7.35. The minimum atomic E-state index is -3.87. The number of benzene rings is 1. The molecular formula is C25H31N5O4S2. The maximum Gasteiger partial charge on any atom is 0.268 e. The Labute approximate surface area is 214 Å². The molecular weight excluding hydrogens is 498 g/mol. The molecule has 5 rings (SSSR count). The van der Waals surface area contributed by atoms with E-state index >= 15 is 0 Å². The van der Waals surface area contributed by atoms with Gasteiger partial charge in [-0.3, -0.25) is 9.59 Å². The lowest BCUT2D eigenvalue weighted by Gasteiger charge is -2.48. The Balaban J connectivity index is 1.54. The van der Waals surface area contributed by atoms with Gasteiger partial charge in [-0.25, -0.2) is 8.42 Å². The fourth-order valence-electron chi connectivity index (χ4n) is 5.52. The predicted octanol–water partition coefficient (Wildman–Crippen LogP) is 2.92. The minimum Gasteiger partial charge on any atom is -0.350 e. The van der Waals surface area contributed by atoms with Gasteiger partial charge in [0.25, 0.3) is 15.9 Å². The summed E-state index contributed by atoms with van der Waals surface area (Å²) in [7, 11) is -3.87. The van der Waals surface area contributed by atoms with Crippen molar-refractivity contribution in [1.82, 2.24) is 19.9 Å². The number of rotatable bonds is 7. The van der Waals surface area contributed by atoms with Gasteiger partial charge >= 0.3 is 0 Å². The van der Waals surface area contributed by atoms with E-state index < -0.39 is 15.6 Å². The SMILES string of the molecule is CCCC(C)C1(C(=O)Nc2ccc3[nH]c4c(c3c2)CCNC4=O)CNCCN1S(=O)(=O)c1cccs1. The van der Waals surface area contributed by atoms with Gasteiger partial charge in [-0.1, -0.05) is 26.3 Å². The second kappa shape index (κ2) is 9.62. The van der Waals surface area contributed by atoms with Gasteiger partial charge in [-0.2, -0.15) is 4.31 Å². The molecule has 2 atom stereocenters. The van der Waals surface area contributed by atoms with E-state index in [1.165, 1.54) is 4.31 Å². The number of hydrogen-bond donors (Lipinski definition) is 4. The number of nitrogens with zero attached hydrogens (tertiary/aromatic N) is 1. The van der Waals surface area contributed by atoms with Crippen molar-refractivity contribution in [1.29, 1.82) is 0 Å². The summed E-state index contributed by atoms with van der Waals surface area (Å²) in [5, 5.41) is 11.8. The number of H-pyrrole nitrogens is 1. The largest absolute Gasteiger partial charge is 0.350 e. The number of carbonyl (C=O) groups is 2. The van der Waals surface area contributed by atoms with Crippen LogP contribution in [-0.2, 0) is 21.2 Å². The van der Waals surface area contributed by atoms with Crippen molar-refractivity contribution < 1.29 is 18.0 Å². The van der Waals surface area contributed by atoms with Crippen molar-refractivity contribution in [3.05, 3.63) is 47.0 Å². The summed E-state index contributed by atoms with van der Waals surface area (Å²) < 4.78 is 29.2. The van der Waals surface area contributed by atoms with Crippen LogP contribution in [0.2, 0.25) is 0 Å². The lowest BCUT2D eigenvalue weighted by molar-refractivity contribution is -0.129. The lowest BCUT2D eigenvalue weighted by Crippen LogP contribution is -2.70. The molecule has 1 saturated heterocycles. The molecule has 4 N–H and O–H groups in total. The van der Waals surface area contributed by atoms with Crippen LogP contribution in [0.1, 0.15) is 42.7 Å². The topological polar surface area (TPSA) is 123 Å². The first-order valence-corrected chi connectivity index (χ1v) is 14.6. The van der Waals surface area contributed by atoms with Gasteiger partial charge in [0.05, 0.1) is 0 Å². The highest BCUT2D eigenvalue weighted by Gasteiger charge is 2.54. The molecule has 0 spiro atoms. The number of thiophene rings is 1. The maximum absolute atomic E-state index is 14.1. The van der Waals surface area contributed by atoms with Crippen LogP contribution in [0, 0.1) is 5.92 Å². The van der Waals surface area contributed by atoms with Crippen LogP contribution >= 0.6 is 11.3 Å². The summed E-state index contributed by atoms with van der Waals surface area (Å²) in [6.07, 6.45) is 2.23. The maximum atomic E-state index is 14.1. The Morgan fingerprint density at radius 2 is 2.11 bits per heavy atom.